The van der Waals surface area contributed by atoms with Gasteiger partial charge in [-0.3, -0.25) is 0 Å². The van der Waals surface area contributed by atoms with E-state index < -0.39 is 5.41 Å². The number of benzene rings is 10. The van der Waals surface area contributed by atoms with E-state index in [1.165, 1.54) is 33.4 Å². The Labute approximate surface area is 395 Å². The van der Waals surface area contributed by atoms with Crippen LogP contribution in [-0.4, -0.2) is 9.97 Å². The number of para-hydroxylation sites is 2. The molecule has 13 rings (SSSR count). The molecule has 0 radical (unpaired) electrons. The van der Waals surface area contributed by atoms with Crippen molar-refractivity contribution in [1.29, 1.82) is 0 Å². The first-order valence-corrected chi connectivity index (χ1v) is 23.2. The van der Waals surface area contributed by atoms with Crippen LogP contribution in [0.3, 0.4) is 0 Å². The molecule has 1 aliphatic carbocycles. The van der Waals surface area contributed by atoms with Gasteiger partial charge in [-0.1, -0.05) is 218 Å². The van der Waals surface area contributed by atoms with E-state index >= 15 is 0 Å². The number of rotatable bonds is 8. The van der Waals surface area contributed by atoms with Gasteiger partial charge in [0.05, 0.1) is 16.8 Å². The SMILES string of the molecule is c1ccc(-c2nc(-c3cc(-c4ccccc4-c4ccccc4)cc(-c4cccc5c4oc4ccccc45)c3)cc(-c3ccc4c(c3)C(c3ccccc3)(c3ccccc3)c3ccccc3-4)n2)cc1. The number of furan rings is 1. The standard InChI is InChI=1S/C65H42N2O/c1-5-20-43(21-6-1)51-28-13-14-29-52(51)46-38-47(53-32-19-33-57-56-31-16-18-35-62(56)68-63(53)57)40-48(39-46)61-42-60(66-64(67-61)44-22-7-2-8-23-44)45-36-37-55-54-30-15-17-34-58(54)65(59(55)41-45,49-24-9-3-10-25-49)50-26-11-4-12-27-50/h1-42H. The minimum Gasteiger partial charge on any atom is -0.455 e. The minimum absolute atomic E-state index is 0.546. The molecule has 68 heavy (non-hydrogen) atoms. The van der Waals surface area contributed by atoms with Crippen LogP contribution in [0.4, 0.5) is 0 Å². The summed E-state index contributed by atoms with van der Waals surface area (Å²) in [5.41, 5.74) is 19.8. The van der Waals surface area contributed by atoms with E-state index in [0.717, 1.165) is 83.4 Å². The van der Waals surface area contributed by atoms with Gasteiger partial charge in [-0.25, -0.2) is 9.97 Å². The van der Waals surface area contributed by atoms with Crippen LogP contribution in [0.1, 0.15) is 22.3 Å². The summed E-state index contributed by atoms with van der Waals surface area (Å²) in [5.74, 6) is 0.662. The third-order valence-corrected chi connectivity index (χ3v) is 13.8. The Hall–Kier alpha value is -8.92. The molecular formula is C65H42N2O. The Bertz CT molecular complexity index is 3800. The van der Waals surface area contributed by atoms with Gasteiger partial charge in [0.25, 0.3) is 0 Å². The lowest BCUT2D eigenvalue weighted by Gasteiger charge is -2.34. The lowest BCUT2D eigenvalue weighted by molar-refractivity contribution is 0.670. The van der Waals surface area contributed by atoms with Crippen LogP contribution in [0.25, 0.3) is 100 Å². The molecule has 318 valence electrons. The van der Waals surface area contributed by atoms with Gasteiger partial charge in [-0.15, -0.1) is 0 Å². The quantitative estimate of drug-likeness (QED) is 0.153. The summed E-state index contributed by atoms with van der Waals surface area (Å²) in [5, 5.41) is 2.19. The monoisotopic (exact) mass is 866 g/mol. The summed E-state index contributed by atoms with van der Waals surface area (Å²) in [4.78, 5) is 10.9. The average molecular weight is 867 g/mol. The number of nitrogens with zero attached hydrogens (tertiary/aromatic N) is 2. The second-order valence-electron chi connectivity index (χ2n) is 17.6. The van der Waals surface area contributed by atoms with Crippen molar-refractivity contribution < 1.29 is 4.42 Å². The molecule has 0 atom stereocenters. The summed E-state index contributed by atoms with van der Waals surface area (Å²) in [6.07, 6.45) is 0. The van der Waals surface area contributed by atoms with E-state index in [1.54, 1.807) is 0 Å². The lowest BCUT2D eigenvalue weighted by Crippen LogP contribution is -2.28. The maximum absolute atomic E-state index is 6.69. The second-order valence-corrected chi connectivity index (χ2v) is 17.6. The number of hydrogen-bond acceptors (Lipinski definition) is 3. The average Bonchev–Trinajstić information content (AvgIpc) is 3.95. The van der Waals surface area contributed by atoms with Crippen LogP contribution in [-0.2, 0) is 5.41 Å². The van der Waals surface area contributed by atoms with E-state index in [4.69, 9.17) is 14.4 Å². The third kappa shape index (κ3) is 6.43. The van der Waals surface area contributed by atoms with E-state index in [2.05, 4.69) is 237 Å². The summed E-state index contributed by atoms with van der Waals surface area (Å²) < 4.78 is 6.69. The first kappa shape index (κ1) is 39.4. The van der Waals surface area contributed by atoms with Crippen LogP contribution in [0.15, 0.2) is 259 Å². The van der Waals surface area contributed by atoms with E-state index in [-0.39, 0.29) is 0 Å². The van der Waals surface area contributed by atoms with Crippen LogP contribution in [0.2, 0.25) is 0 Å². The van der Waals surface area contributed by atoms with Crippen LogP contribution in [0.5, 0.6) is 0 Å². The highest BCUT2D eigenvalue weighted by molar-refractivity contribution is 6.10. The highest BCUT2D eigenvalue weighted by atomic mass is 16.3. The molecule has 0 N–H and O–H groups in total. The van der Waals surface area contributed by atoms with Crippen molar-refractivity contribution in [3.05, 3.63) is 277 Å². The molecule has 0 bridgehead atoms. The van der Waals surface area contributed by atoms with Gasteiger partial charge >= 0.3 is 0 Å². The van der Waals surface area contributed by atoms with E-state index in [0.29, 0.717) is 5.82 Å². The topological polar surface area (TPSA) is 38.9 Å². The van der Waals surface area contributed by atoms with Crippen molar-refractivity contribution in [3.8, 4) is 78.4 Å². The van der Waals surface area contributed by atoms with Crippen molar-refractivity contribution in [2.45, 2.75) is 5.41 Å². The molecule has 12 aromatic rings. The summed E-state index contributed by atoms with van der Waals surface area (Å²) in [6, 6.07) is 91.2. The fourth-order valence-electron chi connectivity index (χ4n) is 10.7. The highest BCUT2D eigenvalue weighted by Gasteiger charge is 2.46. The van der Waals surface area contributed by atoms with Crippen LogP contribution >= 0.6 is 0 Å². The molecule has 1 aliphatic rings. The molecule has 0 saturated carbocycles. The predicted octanol–water partition coefficient (Wildman–Crippen LogP) is 16.7. The van der Waals surface area contributed by atoms with Crippen molar-refractivity contribution in [2.75, 3.05) is 0 Å². The van der Waals surface area contributed by atoms with Gasteiger partial charge in [-0.2, -0.15) is 0 Å². The van der Waals surface area contributed by atoms with Crippen molar-refractivity contribution in [1.82, 2.24) is 9.97 Å². The number of aromatic nitrogens is 2. The van der Waals surface area contributed by atoms with Crippen molar-refractivity contribution in [2.24, 2.45) is 0 Å². The van der Waals surface area contributed by atoms with Gasteiger partial charge in [0.1, 0.15) is 11.2 Å². The Morgan fingerprint density at radius 3 is 1.50 bits per heavy atom. The van der Waals surface area contributed by atoms with Gasteiger partial charge in [-0.05, 0) is 97.6 Å². The van der Waals surface area contributed by atoms with Crippen molar-refractivity contribution >= 4 is 21.9 Å². The zero-order chi connectivity index (χ0) is 45.0. The number of fused-ring (bicyclic) bond motifs is 6. The van der Waals surface area contributed by atoms with Crippen LogP contribution < -0.4 is 0 Å². The van der Waals surface area contributed by atoms with Gasteiger partial charge in [0.2, 0.25) is 0 Å². The molecule has 0 aliphatic heterocycles. The second kappa shape index (κ2) is 16.2. The lowest BCUT2D eigenvalue weighted by atomic mass is 9.67. The Balaban J connectivity index is 1.06. The molecule has 3 heteroatoms. The fourth-order valence-corrected chi connectivity index (χ4v) is 10.7. The normalized spacial score (nSPS) is 12.5. The molecular weight excluding hydrogens is 825 g/mol. The molecule has 2 aromatic heterocycles. The fraction of sp³-hybridized carbons (Fsp3) is 0.0154. The van der Waals surface area contributed by atoms with E-state index in [9.17, 15) is 0 Å². The molecule has 0 fully saturated rings. The molecule has 3 nitrogen and oxygen atoms in total. The predicted molar refractivity (Wildman–Crippen MR) is 279 cm³/mol. The largest absolute Gasteiger partial charge is 0.455 e. The molecule has 0 unspecified atom stereocenters. The first-order chi connectivity index (χ1) is 33.7. The molecule has 0 saturated heterocycles. The molecule has 0 amide bonds. The number of hydrogen-bond donors (Lipinski definition) is 0. The summed E-state index contributed by atoms with van der Waals surface area (Å²) in [6.45, 7) is 0. The highest BCUT2D eigenvalue weighted by Crippen LogP contribution is 2.57. The summed E-state index contributed by atoms with van der Waals surface area (Å²) in [7, 11) is 0. The first-order valence-electron chi connectivity index (χ1n) is 23.2. The van der Waals surface area contributed by atoms with Crippen LogP contribution in [0, 0.1) is 0 Å². The molecule has 10 aromatic carbocycles. The Kier molecular flexibility index (Phi) is 9.40. The van der Waals surface area contributed by atoms with Gasteiger partial charge < -0.3 is 4.42 Å². The smallest absolute Gasteiger partial charge is 0.160 e. The summed E-state index contributed by atoms with van der Waals surface area (Å²) >= 11 is 0. The van der Waals surface area contributed by atoms with Gasteiger partial charge in [0.15, 0.2) is 5.82 Å². The van der Waals surface area contributed by atoms with Crippen molar-refractivity contribution in [3.63, 3.8) is 0 Å². The molecule has 2 heterocycles. The third-order valence-electron chi connectivity index (χ3n) is 13.8. The van der Waals surface area contributed by atoms with Gasteiger partial charge in [0, 0.05) is 33.0 Å². The minimum atomic E-state index is -0.546. The Morgan fingerprint density at radius 2 is 0.794 bits per heavy atom. The maximum Gasteiger partial charge on any atom is 0.160 e. The molecule has 0 spiro atoms. The Morgan fingerprint density at radius 1 is 0.294 bits per heavy atom. The zero-order valence-corrected chi connectivity index (χ0v) is 37.1. The van der Waals surface area contributed by atoms with E-state index in [1.807, 2.05) is 18.2 Å². The zero-order valence-electron chi connectivity index (χ0n) is 37.1. The maximum atomic E-state index is 6.69.